The SMILES string of the molecule is CNc1nc(NC2CC(=O)N(C(C)(C)C)C2)nc(NC2CC(=O)N(C(C)(C)C)C2)n1. The Kier molecular flexibility index (Phi) is 5.79. The van der Waals surface area contributed by atoms with Gasteiger partial charge in [-0.3, -0.25) is 9.59 Å². The van der Waals surface area contributed by atoms with Crippen LogP contribution in [0.2, 0.25) is 0 Å². The molecule has 0 spiro atoms. The van der Waals surface area contributed by atoms with Crippen molar-refractivity contribution in [2.75, 3.05) is 36.1 Å². The van der Waals surface area contributed by atoms with Crippen molar-refractivity contribution < 1.29 is 9.59 Å². The van der Waals surface area contributed by atoms with Crippen LogP contribution < -0.4 is 16.0 Å². The second-order valence-corrected chi connectivity index (χ2v) is 10.00. The predicted molar refractivity (Wildman–Crippen MR) is 116 cm³/mol. The molecule has 1 aromatic heterocycles. The number of likely N-dealkylation sites (tertiary alicyclic amines) is 2. The molecule has 2 aliphatic rings. The zero-order valence-electron chi connectivity index (χ0n) is 19.0. The van der Waals surface area contributed by atoms with E-state index in [9.17, 15) is 9.59 Å². The van der Waals surface area contributed by atoms with Gasteiger partial charge in [0.25, 0.3) is 0 Å². The second kappa shape index (κ2) is 7.88. The van der Waals surface area contributed by atoms with Crippen LogP contribution in [0, 0.1) is 0 Å². The van der Waals surface area contributed by atoms with E-state index in [2.05, 4.69) is 30.9 Å². The Morgan fingerprint density at radius 2 is 1.10 bits per heavy atom. The average Bonchev–Trinajstić information content (AvgIpc) is 3.16. The molecule has 3 N–H and O–H groups in total. The van der Waals surface area contributed by atoms with Gasteiger partial charge in [0.1, 0.15) is 0 Å². The molecule has 2 unspecified atom stereocenters. The molecule has 3 heterocycles. The number of carbonyl (C=O) groups is 2. The van der Waals surface area contributed by atoms with Crippen molar-refractivity contribution in [1.29, 1.82) is 0 Å². The van der Waals surface area contributed by atoms with Gasteiger partial charge >= 0.3 is 0 Å². The molecular weight excluding hydrogens is 384 g/mol. The van der Waals surface area contributed by atoms with Gasteiger partial charge in [-0.05, 0) is 41.5 Å². The summed E-state index contributed by atoms with van der Waals surface area (Å²) in [6.07, 6.45) is 0.802. The molecule has 0 aromatic carbocycles. The third kappa shape index (κ3) is 4.91. The molecule has 0 bridgehead atoms. The van der Waals surface area contributed by atoms with Gasteiger partial charge < -0.3 is 25.8 Å². The lowest BCUT2D eigenvalue weighted by Gasteiger charge is -2.32. The lowest BCUT2D eigenvalue weighted by atomic mass is 10.1. The molecule has 2 saturated heterocycles. The highest BCUT2D eigenvalue weighted by Gasteiger charge is 2.38. The van der Waals surface area contributed by atoms with Crippen LogP contribution in [0.5, 0.6) is 0 Å². The van der Waals surface area contributed by atoms with Crippen LogP contribution in [0.1, 0.15) is 54.4 Å². The van der Waals surface area contributed by atoms with Gasteiger partial charge in [0.05, 0.1) is 12.1 Å². The molecule has 30 heavy (non-hydrogen) atoms. The standard InChI is InChI=1S/C20H34N8O2/c1-19(2,3)27-10-12(8-14(27)29)22-17-24-16(21-7)25-18(26-17)23-13-9-15(30)28(11-13)20(4,5)6/h12-13H,8-11H2,1-7H3,(H3,21,22,23,24,25,26). The molecule has 3 rings (SSSR count). The normalized spacial score (nSPS) is 22.6. The maximum atomic E-state index is 12.4. The number of amides is 2. The predicted octanol–water partition coefficient (Wildman–Crippen LogP) is 1.54. The summed E-state index contributed by atoms with van der Waals surface area (Å²) in [7, 11) is 1.74. The van der Waals surface area contributed by atoms with Gasteiger partial charge in [0, 0.05) is 44.1 Å². The highest BCUT2D eigenvalue weighted by molar-refractivity contribution is 5.81. The van der Waals surface area contributed by atoms with Crippen LogP contribution in [0.4, 0.5) is 17.8 Å². The first-order valence-corrected chi connectivity index (χ1v) is 10.4. The molecule has 166 valence electrons. The molecule has 2 fully saturated rings. The highest BCUT2D eigenvalue weighted by Crippen LogP contribution is 2.25. The Hall–Kier alpha value is -2.65. The van der Waals surface area contributed by atoms with E-state index in [0.29, 0.717) is 43.8 Å². The van der Waals surface area contributed by atoms with E-state index in [1.807, 2.05) is 51.3 Å². The average molecular weight is 419 g/mol. The molecule has 2 atom stereocenters. The smallest absolute Gasteiger partial charge is 0.229 e. The summed E-state index contributed by atoms with van der Waals surface area (Å²) in [6.45, 7) is 13.4. The zero-order chi connectivity index (χ0) is 22.3. The second-order valence-electron chi connectivity index (χ2n) is 10.00. The van der Waals surface area contributed by atoms with Crippen LogP contribution in [0.15, 0.2) is 0 Å². The number of nitrogens with one attached hydrogen (secondary N) is 3. The van der Waals surface area contributed by atoms with Gasteiger partial charge in [-0.25, -0.2) is 0 Å². The minimum absolute atomic E-state index is 0.0684. The van der Waals surface area contributed by atoms with Gasteiger partial charge in [-0.2, -0.15) is 15.0 Å². The van der Waals surface area contributed by atoms with E-state index in [0.717, 1.165) is 0 Å². The number of nitrogens with zero attached hydrogens (tertiary/aromatic N) is 5. The summed E-state index contributed by atoms with van der Waals surface area (Å²) >= 11 is 0. The van der Waals surface area contributed by atoms with Crippen LogP contribution in [0.3, 0.4) is 0 Å². The van der Waals surface area contributed by atoms with Gasteiger partial charge in [-0.1, -0.05) is 0 Å². The third-order valence-electron chi connectivity index (χ3n) is 5.40. The summed E-state index contributed by atoms with van der Waals surface area (Å²) in [5.41, 5.74) is -0.438. The molecule has 0 aliphatic carbocycles. The van der Waals surface area contributed by atoms with Crippen molar-refractivity contribution in [3.63, 3.8) is 0 Å². The Morgan fingerprint density at radius 1 is 0.733 bits per heavy atom. The van der Waals surface area contributed by atoms with Crippen molar-refractivity contribution in [2.24, 2.45) is 0 Å². The van der Waals surface area contributed by atoms with E-state index >= 15 is 0 Å². The number of rotatable bonds is 5. The summed E-state index contributed by atoms with van der Waals surface area (Å²) in [6, 6.07) is -0.137. The summed E-state index contributed by atoms with van der Waals surface area (Å²) in [4.78, 5) is 41.7. The van der Waals surface area contributed by atoms with Gasteiger partial charge in [-0.15, -0.1) is 0 Å². The Balaban J connectivity index is 1.71. The minimum atomic E-state index is -0.219. The third-order valence-corrected chi connectivity index (χ3v) is 5.40. The molecule has 2 amide bonds. The van der Waals surface area contributed by atoms with Crippen LogP contribution in [-0.4, -0.2) is 79.9 Å². The highest BCUT2D eigenvalue weighted by atomic mass is 16.2. The number of aromatic nitrogens is 3. The van der Waals surface area contributed by atoms with E-state index in [-0.39, 0.29) is 35.0 Å². The number of anilines is 3. The van der Waals surface area contributed by atoms with Crippen molar-refractivity contribution in [3.05, 3.63) is 0 Å². The van der Waals surface area contributed by atoms with Crippen LogP contribution >= 0.6 is 0 Å². The quantitative estimate of drug-likeness (QED) is 0.659. The monoisotopic (exact) mass is 418 g/mol. The van der Waals surface area contributed by atoms with E-state index in [1.165, 1.54) is 0 Å². The summed E-state index contributed by atoms with van der Waals surface area (Å²) in [5, 5.41) is 9.49. The van der Waals surface area contributed by atoms with Crippen molar-refractivity contribution in [1.82, 2.24) is 24.8 Å². The fraction of sp³-hybridized carbons (Fsp3) is 0.750. The Labute approximate surface area is 178 Å². The lowest BCUT2D eigenvalue weighted by Crippen LogP contribution is -2.43. The molecule has 1 aromatic rings. The van der Waals surface area contributed by atoms with Crippen LogP contribution in [-0.2, 0) is 9.59 Å². The van der Waals surface area contributed by atoms with E-state index in [1.54, 1.807) is 7.05 Å². The molecule has 2 aliphatic heterocycles. The van der Waals surface area contributed by atoms with E-state index < -0.39 is 0 Å². The molecule has 0 radical (unpaired) electrons. The number of hydrogen-bond donors (Lipinski definition) is 3. The lowest BCUT2D eigenvalue weighted by molar-refractivity contribution is -0.132. The molecule has 10 nitrogen and oxygen atoms in total. The molecule has 0 saturated carbocycles. The van der Waals surface area contributed by atoms with Crippen molar-refractivity contribution in [2.45, 2.75) is 77.5 Å². The Bertz CT molecular complexity index is 752. The first-order valence-electron chi connectivity index (χ1n) is 10.4. The maximum absolute atomic E-state index is 12.4. The van der Waals surface area contributed by atoms with Crippen molar-refractivity contribution >= 4 is 29.7 Å². The summed E-state index contributed by atoms with van der Waals surface area (Å²) in [5.74, 6) is 1.47. The largest absolute Gasteiger partial charge is 0.357 e. The minimum Gasteiger partial charge on any atom is -0.357 e. The topological polar surface area (TPSA) is 115 Å². The van der Waals surface area contributed by atoms with Crippen molar-refractivity contribution in [3.8, 4) is 0 Å². The number of carbonyl (C=O) groups excluding carboxylic acids is 2. The first kappa shape index (κ1) is 22.0. The fourth-order valence-electron chi connectivity index (χ4n) is 3.89. The maximum Gasteiger partial charge on any atom is 0.229 e. The van der Waals surface area contributed by atoms with Gasteiger partial charge in [0.2, 0.25) is 29.7 Å². The molecular formula is C20H34N8O2. The zero-order valence-corrected chi connectivity index (χ0v) is 19.0. The molecule has 10 heteroatoms. The van der Waals surface area contributed by atoms with Gasteiger partial charge in [0.15, 0.2) is 0 Å². The fourth-order valence-corrected chi connectivity index (χ4v) is 3.89. The van der Waals surface area contributed by atoms with E-state index in [4.69, 9.17) is 0 Å². The number of hydrogen-bond acceptors (Lipinski definition) is 8. The first-order chi connectivity index (χ1) is 13.9. The Morgan fingerprint density at radius 3 is 1.40 bits per heavy atom. The van der Waals surface area contributed by atoms with Crippen LogP contribution in [0.25, 0.3) is 0 Å². The summed E-state index contributed by atoms with van der Waals surface area (Å²) < 4.78 is 0.